The normalized spacial score (nSPS) is 13.7. The Balaban J connectivity index is 1.92. The number of allylic oxidation sites excluding steroid dienone is 2. The van der Waals surface area contributed by atoms with Crippen LogP contribution in [-0.2, 0) is 9.63 Å². The first-order valence-corrected chi connectivity index (χ1v) is 10.2. The van der Waals surface area contributed by atoms with Gasteiger partial charge in [0.15, 0.2) is 0 Å². The van der Waals surface area contributed by atoms with E-state index in [9.17, 15) is 4.79 Å². The van der Waals surface area contributed by atoms with Gasteiger partial charge >= 0.3 is 0 Å². The molecule has 6 heteroatoms. The molecule has 0 aliphatic carbocycles. The molecule has 1 N–H and O–H groups in total. The molecule has 29 heavy (non-hydrogen) atoms. The number of hydroxylamine groups is 1. The zero-order valence-electron chi connectivity index (χ0n) is 16.8. The highest BCUT2D eigenvalue weighted by atomic mass is 32.2. The minimum absolute atomic E-state index is 0.178. The van der Waals surface area contributed by atoms with Crippen LogP contribution in [0.1, 0.15) is 31.4 Å². The van der Waals surface area contributed by atoms with Crippen LogP contribution in [0.15, 0.2) is 81.2 Å². The van der Waals surface area contributed by atoms with Crippen LogP contribution >= 0.6 is 11.8 Å². The minimum Gasteiger partial charge on any atom is -0.497 e. The maximum atomic E-state index is 11.7. The van der Waals surface area contributed by atoms with Crippen LogP contribution < -0.4 is 10.2 Å². The van der Waals surface area contributed by atoms with Gasteiger partial charge in [0, 0.05) is 27.3 Å². The molecule has 0 aromatic heterocycles. The van der Waals surface area contributed by atoms with Gasteiger partial charge in [0.2, 0.25) is 5.91 Å². The molecule has 150 valence electrons. The lowest BCUT2D eigenvalue weighted by atomic mass is 10.0. The minimum atomic E-state index is -0.178. The predicted molar refractivity (Wildman–Crippen MR) is 117 cm³/mol. The first-order valence-electron chi connectivity index (χ1n) is 9.40. The molecule has 2 aromatic rings. The highest BCUT2D eigenvalue weighted by Crippen LogP contribution is 2.37. The van der Waals surface area contributed by atoms with Crippen LogP contribution in [0.5, 0.6) is 5.75 Å². The van der Waals surface area contributed by atoms with Gasteiger partial charge in [0.05, 0.1) is 25.1 Å². The van der Waals surface area contributed by atoms with Crippen molar-refractivity contribution >= 4 is 23.4 Å². The molecule has 0 spiro atoms. The molecule has 0 fully saturated rings. The first-order chi connectivity index (χ1) is 14.1. The fourth-order valence-electron chi connectivity index (χ4n) is 2.82. The Bertz CT molecular complexity index is 962. The molecule has 0 saturated heterocycles. The number of fused-ring (bicyclic) bond motifs is 1. The summed E-state index contributed by atoms with van der Waals surface area (Å²) in [6.45, 7) is 4.25. The van der Waals surface area contributed by atoms with Gasteiger partial charge in [-0.05, 0) is 50.3 Å². The molecular formula is C23H24N2O3S. The van der Waals surface area contributed by atoms with Gasteiger partial charge in [0.1, 0.15) is 5.75 Å². The lowest BCUT2D eigenvalue weighted by Crippen LogP contribution is -2.22. The number of amides is 1. The van der Waals surface area contributed by atoms with Crippen molar-refractivity contribution in [3.8, 4) is 5.75 Å². The molecule has 0 bridgehead atoms. The van der Waals surface area contributed by atoms with Crippen molar-refractivity contribution in [2.75, 3.05) is 13.7 Å². The van der Waals surface area contributed by atoms with E-state index >= 15 is 0 Å². The number of thioether (sulfide) groups is 1. The number of aliphatic imine (C=N–C) groups is 1. The quantitative estimate of drug-likeness (QED) is 0.663. The molecule has 2 aromatic carbocycles. The largest absolute Gasteiger partial charge is 0.497 e. The van der Waals surface area contributed by atoms with Crippen LogP contribution in [0.3, 0.4) is 0 Å². The number of hydrogen-bond acceptors (Lipinski definition) is 5. The SMILES string of the molecule is CCONC(=O)C/C=C\C1=C(C)N=C(c2ccc(OC)cc2)c2ccccc2S1. The van der Waals surface area contributed by atoms with Crippen LogP contribution in [0.2, 0.25) is 0 Å². The molecule has 1 heterocycles. The summed E-state index contributed by atoms with van der Waals surface area (Å²) in [5.74, 6) is 0.634. The maximum Gasteiger partial charge on any atom is 0.247 e. The number of rotatable bonds is 7. The Labute approximate surface area is 175 Å². The van der Waals surface area contributed by atoms with E-state index in [1.165, 1.54) is 0 Å². The topological polar surface area (TPSA) is 59.9 Å². The van der Waals surface area contributed by atoms with Crippen molar-refractivity contribution in [2.45, 2.75) is 25.2 Å². The van der Waals surface area contributed by atoms with E-state index in [0.29, 0.717) is 6.61 Å². The summed E-state index contributed by atoms with van der Waals surface area (Å²) in [5.41, 5.74) is 6.33. The van der Waals surface area contributed by atoms with Gasteiger partial charge in [-0.25, -0.2) is 5.48 Å². The summed E-state index contributed by atoms with van der Waals surface area (Å²) in [5, 5.41) is 0. The molecule has 3 rings (SSSR count). The fraction of sp³-hybridized carbons (Fsp3) is 0.217. The second-order valence-electron chi connectivity index (χ2n) is 6.30. The Morgan fingerprint density at radius 2 is 1.93 bits per heavy atom. The van der Waals surface area contributed by atoms with E-state index in [-0.39, 0.29) is 12.3 Å². The number of ether oxygens (including phenoxy) is 1. The van der Waals surface area contributed by atoms with Crippen molar-refractivity contribution in [1.82, 2.24) is 5.48 Å². The molecule has 0 atom stereocenters. The molecule has 1 aliphatic heterocycles. The number of carbonyl (C=O) groups excluding carboxylic acids is 1. The highest BCUT2D eigenvalue weighted by Gasteiger charge is 2.18. The number of hydrogen-bond donors (Lipinski definition) is 1. The molecule has 5 nitrogen and oxygen atoms in total. The summed E-state index contributed by atoms with van der Waals surface area (Å²) in [7, 11) is 1.66. The van der Waals surface area contributed by atoms with E-state index < -0.39 is 0 Å². The van der Waals surface area contributed by atoms with Gasteiger partial charge in [-0.1, -0.05) is 36.0 Å². The van der Waals surface area contributed by atoms with Crippen LogP contribution in [-0.4, -0.2) is 25.3 Å². The van der Waals surface area contributed by atoms with E-state index in [1.54, 1.807) is 18.9 Å². The number of methoxy groups -OCH3 is 1. The van der Waals surface area contributed by atoms with Gasteiger partial charge in [-0.2, -0.15) is 0 Å². The molecule has 0 radical (unpaired) electrons. The lowest BCUT2D eigenvalue weighted by Gasteiger charge is -2.10. The Hall–Kier alpha value is -2.83. The van der Waals surface area contributed by atoms with Crippen molar-refractivity contribution in [1.29, 1.82) is 0 Å². The van der Waals surface area contributed by atoms with E-state index in [0.717, 1.165) is 38.1 Å². The fourth-order valence-corrected chi connectivity index (χ4v) is 3.83. The van der Waals surface area contributed by atoms with Gasteiger partial charge in [-0.15, -0.1) is 0 Å². The van der Waals surface area contributed by atoms with Crippen LogP contribution in [0, 0.1) is 0 Å². The average Bonchev–Trinajstić information content (AvgIpc) is 2.89. The first kappa shape index (κ1) is 20.9. The average molecular weight is 409 g/mol. The molecule has 1 aliphatic rings. The molecule has 0 saturated carbocycles. The predicted octanol–water partition coefficient (Wildman–Crippen LogP) is 4.88. The van der Waals surface area contributed by atoms with Crippen molar-refractivity contribution < 1.29 is 14.4 Å². The number of carbonyl (C=O) groups is 1. The highest BCUT2D eigenvalue weighted by molar-refractivity contribution is 8.03. The third-order valence-electron chi connectivity index (χ3n) is 4.26. The third kappa shape index (κ3) is 5.37. The zero-order valence-corrected chi connectivity index (χ0v) is 17.6. The van der Waals surface area contributed by atoms with Crippen molar-refractivity contribution in [3.05, 3.63) is 82.4 Å². The number of nitrogens with zero attached hydrogens (tertiary/aromatic N) is 1. The van der Waals surface area contributed by atoms with Gasteiger partial charge in [-0.3, -0.25) is 14.6 Å². The Morgan fingerprint density at radius 3 is 2.66 bits per heavy atom. The molecular weight excluding hydrogens is 384 g/mol. The Kier molecular flexibility index (Phi) is 7.27. The molecule has 0 unspecified atom stereocenters. The second-order valence-corrected chi connectivity index (χ2v) is 7.39. The van der Waals surface area contributed by atoms with Crippen LogP contribution in [0.25, 0.3) is 0 Å². The summed E-state index contributed by atoms with van der Waals surface area (Å²) >= 11 is 1.65. The second kappa shape index (κ2) is 10.1. The standard InChI is InChI=1S/C23H24N2O3S/c1-4-28-25-22(26)11-7-10-20-16(2)24-23(17-12-14-18(27-3)15-13-17)19-8-5-6-9-21(19)29-20/h5-10,12-15H,4,11H2,1-3H3,(H,25,26)/b10-7-. The number of benzene rings is 2. The van der Waals surface area contributed by atoms with Gasteiger partial charge < -0.3 is 4.74 Å². The maximum absolute atomic E-state index is 11.7. The van der Waals surface area contributed by atoms with E-state index in [4.69, 9.17) is 14.6 Å². The number of nitrogens with one attached hydrogen (secondary N) is 1. The summed E-state index contributed by atoms with van der Waals surface area (Å²) < 4.78 is 5.27. The van der Waals surface area contributed by atoms with Crippen molar-refractivity contribution in [3.63, 3.8) is 0 Å². The summed E-state index contributed by atoms with van der Waals surface area (Å²) in [6.07, 6.45) is 4.02. The van der Waals surface area contributed by atoms with Gasteiger partial charge in [0.25, 0.3) is 0 Å². The Morgan fingerprint density at radius 1 is 1.17 bits per heavy atom. The lowest BCUT2D eigenvalue weighted by molar-refractivity contribution is -0.132. The summed E-state index contributed by atoms with van der Waals surface area (Å²) in [4.78, 5) is 23.7. The monoisotopic (exact) mass is 408 g/mol. The summed E-state index contributed by atoms with van der Waals surface area (Å²) in [6, 6.07) is 16.1. The van der Waals surface area contributed by atoms with Crippen molar-refractivity contribution in [2.24, 2.45) is 4.99 Å². The van der Waals surface area contributed by atoms with E-state index in [1.807, 2.05) is 62.4 Å². The molecule has 1 amide bonds. The van der Waals surface area contributed by atoms with E-state index in [2.05, 4.69) is 17.6 Å². The zero-order chi connectivity index (χ0) is 20.6. The third-order valence-corrected chi connectivity index (χ3v) is 5.49. The smallest absolute Gasteiger partial charge is 0.247 e. The van der Waals surface area contributed by atoms with Crippen LogP contribution in [0.4, 0.5) is 0 Å².